The van der Waals surface area contributed by atoms with Crippen LogP contribution in [0.4, 0.5) is 0 Å². The summed E-state index contributed by atoms with van der Waals surface area (Å²) in [5.74, 6) is 2.76. The molecule has 22 heavy (non-hydrogen) atoms. The molecule has 1 N–H and O–H groups in total. The van der Waals surface area contributed by atoms with E-state index in [9.17, 15) is 4.79 Å². The largest absolute Gasteiger partial charge is 0.467 e. The molecule has 2 atom stereocenters. The summed E-state index contributed by atoms with van der Waals surface area (Å²) in [6.45, 7) is 2.42. The third-order valence-corrected chi connectivity index (χ3v) is 3.78. The Balaban J connectivity index is 1.66. The maximum atomic E-state index is 12.0. The average Bonchev–Trinajstić information content (AvgIpc) is 2.97. The highest BCUT2D eigenvalue weighted by atomic mass is 16.3. The van der Waals surface area contributed by atoms with Crippen molar-refractivity contribution < 1.29 is 13.6 Å². The SMILES string of the molecule is C[C@@H]1C[C@H]1c1ccc(/C=C(\C#N)C(=O)NCc2ccco2)o1. The van der Waals surface area contributed by atoms with Crippen molar-refractivity contribution in [3.8, 4) is 6.07 Å². The van der Waals surface area contributed by atoms with Crippen molar-refractivity contribution in [3.63, 3.8) is 0 Å². The van der Waals surface area contributed by atoms with E-state index in [1.807, 2.05) is 12.1 Å². The predicted octanol–water partition coefficient (Wildman–Crippen LogP) is 3.22. The molecule has 2 heterocycles. The summed E-state index contributed by atoms with van der Waals surface area (Å²) in [5, 5.41) is 11.8. The van der Waals surface area contributed by atoms with Gasteiger partial charge >= 0.3 is 0 Å². The van der Waals surface area contributed by atoms with Gasteiger partial charge in [-0.15, -0.1) is 0 Å². The fraction of sp³-hybridized carbons (Fsp3) is 0.294. The van der Waals surface area contributed by atoms with Crippen LogP contribution in [0, 0.1) is 17.2 Å². The fourth-order valence-electron chi connectivity index (χ4n) is 2.33. The van der Waals surface area contributed by atoms with Crippen molar-refractivity contribution in [1.82, 2.24) is 5.32 Å². The van der Waals surface area contributed by atoms with Crippen LogP contribution in [0.3, 0.4) is 0 Å². The molecule has 2 aromatic rings. The van der Waals surface area contributed by atoms with E-state index in [1.165, 1.54) is 12.3 Å². The Hall–Kier alpha value is -2.74. The minimum absolute atomic E-state index is 0.0105. The van der Waals surface area contributed by atoms with Gasteiger partial charge in [-0.05, 0) is 36.6 Å². The molecule has 1 aliphatic rings. The Labute approximate surface area is 128 Å². The van der Waals surface area contributed by atoms with Crippen molar-refractivity contribution in [2.24, 2.45) is 5.92 Å². The van der Waals surface area contributed by atoms with E-state index in [4.69, 9.17) is 14.1 Å². The molecule has 5 heteroatoms. The molecular weight excluding hydrogens is 280 g/mol. The minimum atomic E-state index is -0.448. The maximum absolute atomic E-state index is 12.0. The molecule has 0 saturated heterocycles. The predicted molar refractivity (Wildman–Crippen MR) is 79.4 cm³/mol. The molecule has 112 valence electrons. The highest BCUT2D eigenvalue weighted by Gasteiger charge is 2.36. The summed E-state index contributed by atoms with van der Waals surface area (Å²) in [7, 11) is 0. The third-order valence-electron chi connectivity index (χ3n) is 3.78. The highest BCUT2D eigenvalue weighted by Crippen LogP contribution is 2.47. The molecule has 0 aromatic carbocycles. The van der Waals surface area contributed by atoms with E-state index in [1.54, 1.807) is 18.2 Å². The Morgan fingerprint density at radius 3 is 2.95 bits per heavy atom. The monoisotopic (exact) mass is 296 g/mol. The minimum Gasteiger partial charge on any atom is -0.467 e. The van der Waals surface area contributed by atoms with Crippen molar-refractivity contribution in [2.45, 2.75) is 25.8 Å². The van der Waals surface area contributed by atoms with E-state index in [0.717, 1.165) is 12.2 Å². The van der Waals surface area contributed by atoms with Gasteiger partial charge in [0.25, 0.3) is 5.91 Å². The number of amides is 1. The van der Waals surface area contributed by atoms with E-state index < -0.39 is 5.91 Å². The van der Waals surface area contributed by atoms with Gasteiger partial charge in [-0.25, -0.2) is 0 Å². The first-order chi connectivity index (χ1) is 10.7. The van der Waals surface area contributed by atoms with Crippen LogP contribution in [-0.4, -0.2) is 5.91 Å². The lowest BCUT2D eigenvalue weighted by molar-refractivity contribution is -0.117. The number of furan rings is 2. The van der Waals surface area contributed by atoms with E-state index in [-0.39, 0.29) is 12.1 Å². The van der Waals surface area contributed by atoms with Gasteiger partial charge in [-0.3, -0.25) is 4.79 Å². The van der Waals surface area contributed by atoms with Crippen molar-refractivity contribution in [3.05, 3.63) is 53.4 Å². The Bertz CT molecular complexity index is 734. The summed E-state index contributed by atoms with van der Waals surface area (Å²) in [4.78, 5) is 12.0. The Morgan fingerprint density at radius 1 is 1.50 bits per heavy atom. The molecule has 1 aliphatic carbocycles. The lowest BCUT2D eigenvalue weighted by Crippen LogP contribution is -2.23. The normalized spacial score (nSPS) is 20.5. The zero-order valence-corrected chi connectivity index (χ0v) is 12.2. The quantitative estimate of drug-likeness (QED) is 0.678. The van der Waals surface area contributed by atoms with Crippen LogP contribution in [0.15, 0.2) is 44.9 Å². The van der Waals surface area contributed by atoms with Gasteiger partial charge in [0.05, 0.1) is 12.8 Å². The number of rotatable bonds is 5. The summed E-state index contributed by atoms with van der Waals surface area (Å²) in [5.41, 5.74) is 0.0105. The van der Waals surface area contributed by atoms with Gasteiger partial charge in [-0.1, -0.05) is 6.92 Å². The van der Waals surface area contributed by atoms with Gasteiger partial charge in [0, 0.05) is 12.0 Å². The molecule has 0 bridgehead atoms. The molecule has 3 rings (SSSR count). The molecular formula is C17H16N2O3. The third kappa shape index (κ3) is 3.12. The number of carbonyl (C=O) groups is 1. The van der Waals surface area contributed by atoms with Crippen LogP contribution in [0.2, 0.25) is 0 Å². The fourth-order valence-corrected chi connectivity index (χ4v) is 2.33. The van der Waals surface area contributed by atoms with Gasteiger partial charge in [0.1, 0.15) is 28.9 Å². The molecule has 5 nitrogen and oxygen atoms in total. The zero-order chi connectivity index (χ0) is 15.5. The van der Waals surface area contributed by atoms with Crippen molar-refractivity contribution >= 4 is 12.0 Å². The maximum Gasteiger partial charge on any atom is 0.262 e. The number of hydrogen-bond acceptors (Lipinski definition) is 4. The summed E-state index contributed by atoms with van der Waals surface area (Å²) < 4.78 is 10.8. The highest BCUT2D eigenvalue weighted by molar-refractivity contribution is 6.01. The van der Waals surface area contributed by atoms with E-state index >= 15 is 0 Å². The molecule has 0 unspecified atom stereocenters. The van der Waals surface area contributed by atoms with Crippen LogP contribution >= 0.6 is 0 Å². The van der Waals surface area contributed by atoms with Crippen LogP contribution in [-0.2, 0) is 11.3 Å². The Morgan fingerprint density at radius 2 is 2.32 bits per heavy atom. The molecule has 2 aromatic heterocycles. The molecule has 1 saturated carbocycles. The first-order valence-corrected chi connectivity index (χ1v) is 7.19. The first-order valence-electron chi connectivity index (χ1n) is 7.19. The van der Waals surface area contributed by atoms with Crippen LogP contribution in [0.25, 0.3) is 6.08 Å². The number of nitrogens with one attached hydrogen (secondary N) is 1. The second-order valence-corrected chi connectivity index (χ2v) is 5.49. The van der Waals surface area contributed by atoms with Crippen LogP contribution in [0.1, 0.15) is 36.5 Å². The number of nitrogens with zero attached hydrogens (tertiary/aromatic N) is 1. The van der Waals surface area contributed by atoms with Crippen molar-refractivity contribution in [1.29, 1.82) is 5.26 Å². The molecule has 0 aliphatic heterocycles. The standard InChI is InChI=1S/C17H16N2O3/c1-11-7-15(11)16-5-4-13(22-16)8-12(9-18)17(20)19-10-14-3-2-6-21-14/h2-6,8,11,15H,7,10H2,1H3,(H,19,20)/b12-8+/t11-,15-/m1/s1. The van der Waals surface area contributed by atoms with Crippen LogP contribution in [0.5, 0.6) is 0 Å². The van der Waals surface area contributed by atoms with Crippen molar-refractivity contribution in [2.75, 3.05) is 0 Å². The van der Waals surface area contributed by atoms with Gasteiger partial charge < -0.3 is 14.2 Å². The van der Waals surface area contributed by atoms with Gasteiger partial charge in [-0.2, -0.15) is 5.26 Å². The van der Waals surface area contributed by atoms with Gasteiger partial charge in [0.15, 0.2) is 0 Å². The molecule has 0 spiro atoms. The topological polar surface area (TPSA) is 79.2 Å². The zero-order valence-electron chi connectivity index (χ0n) is 12.2. The Kier molecular flexibility index (Phi) is 3.84. The molecule has 1 fully saturated rings. The van der Waals surface area contributed by atoms with Gasteiger partial charge in [0.2, 0.25) is 0 Å². The lowest BCUT2D eigenvalue weighted by atomic mass is 10.2. The second kappa shape index (κ2) is 5.94. The van der Waals surface area contributed by atoms with E-state index in [2.05, 4.69) is 12.2 Å². The summed E-state index contributed by atoms with van der Waals surface area (Å²) in [6.07, 6.45) is 4.13. The smallest absolute Gasteiger partial charge is 0.262 e. The number of carbonyl (C=O) groups excluding carboxylic acids is 1. The van der Waals surface area contributed by atoms with E-state index in [0.29, 0.717) is 23.4 Å². The number of nitriles is 1. The average molecular weight is 296 g/mol. The first kappa shape index (κ1) is 14.2. The van der Waals surface area contributed by atoms with Crippen LogP contribution < -0.4 is 5.32 Å². The lowest BCUT2D eigenvalue weighted by Gasteiger charge is -2.01. The second-order valence-electron chi connectivity index (χ2n) is 5.49. The molecule has 1 amide bonds. The summed E-state index contributed by atoms with van der Waals surface area (Å²) >= 11 is 0. The molecule has 0 radical (unpaired) electrons. The number of hydrogen-bond donors (Lipinski definition) is 1. The summed E-state index contributed by atoms with van der Waals surface area (Å²) in [6, 6.07) is 9.10.